The summed E-state index contributed by atoms with van der Waals surface area (Å²) in [5, 5.41) is 18.8. The van der Waals surface area contributed by atoms with E-state index in [0.717, 1.165) is 17.5 Å². The summed E-state index contributed by atoms with van der Waals surface area (Å²) in [6.45, 7) is 1.36. The summed E-state index contributed by atoms with van der Waals surface area (Å²) in [6, 6.07) is 11.8. The van der Waals surface area contributed by atoms with Gasteiger partial charge in [-0.15, -0.1) is 0 Å². The van der Waals surface area contributed by atoms with Crippen LogP contribution in [-0.2, 0) is 17.6 Å². The molecule has 2 aromatic rings. The van der Waals surface area contributed by atoms with E-state index in [1.54, 1.807) is 24.3 Å². The molecule has 0 unspecified atom stereocenters. The van der Waals surface area contributed by atoms with Gasteiger partial charge in [0.05, 0.1) is 0 Å². The van der Waals surface area contributed by atoms with Crippen LogP contribution in [0, 0.1) is 0 Å². The molecule has 0 fully saturated rings. The number of phenols is 2. The van der Waals surface area contributed by atoms with Gasteiger partial charge in [-0.05, 0) is 48.2 Å². The summed E-state index contributed by atoms with van der Waals surface area (Å²) in [7, 11) is 0. The number of esters is 1. The summed E-state index contributed by atoms with van der Waals surface area (Å²) in [5.41, 5.74) is 1.95. The third-order valence-electron chi connectivity index (χ3n) is 2.85. The maximum atomic E-state index is 10.8. The first-order valence-electron chi connectivity index (χ1n) is 6.32. The van der Waals surface area contributed by atoms with E-state index in [2.05, 4.69) is 0 Å². The molecule has 0 aliphatic carbocycles. The minimum atomic E-state index is -0.340. The summed E-state index contributed by atoms with van der Waals surface area (Å²) in [6.07, 6.45) is 1.47. The number of rotatable bonds is 4. The lowest BCUT2D eigenvalue weighted by molar-refractivity contribution is -0.131. The molecule has 104 valence electrons. The molecule has 0 aromatic heterocycles. The Morgan fingerprint density at radius 2 is 1.50 bits per heavy atom. The van der Waals surface area contributed by atoms with E-state index < -0.39 is 0 Å². The highest BCUT2D eigenvalue weighted by Gasteiger charge is 2.02. The molecular weight excluding hydrogens is 256 g/mol. The summed E-state index contributed by atoms with van der Waals surface area (Å²) in [4.78, 5) is 10.8. The minimum Gasteiger partial charge on any atom is -0.508 e. The van der Waals surface area contributed by atoms with E-state index in [1.807, 2.05) is 12.1 Å². The van der Waals surface area contributed by atoms with Crippen molar-refractivity contribution in [3.05, 3.63) is 53.6 Å². The number of aryl methyl sites for hydroxylation is 2. The number of carbonyl (C=O) groups excluding carboxylic acids is 1. The maximum absolute atomic E-state index is 10.8. The fraction of sp³-hybridized carbons (Fsp3) is 0.188. The molecule has 0 bridgehead atoms. The third-order valence-corrected chi connectivity index (χ3v) is 2.85. The van der Waals surface area contributed by atoms with Gasteiger partial charge in [-0.1, -0.05) is 12.1 Å². The molecule has 0 atom stereocenters. The van der Waals surface area contributed by atoms with E-state index in [4.69, 9.17) is 4.74 Å². The zero-order valence-electron chi connectivity index (χ0n) is 11.2. The number of hydrogen-bond donors (Lipinski definition) is 2. The van der Waals surface area contributed by atoms with Gasteiger partial charge in [-0.25, -0.2) is 0 Å². The molecule has 4 heteroatoms. The lowest BCUT2D eigenvalue weighted by atomic mass is 10.0. The second kappa shape index (κ2) is 6.10. The normalized spacial score (nSPS) is 10.2. The van der Waals surface area contributed by atoms with Crippen molar-refractivity contribution >= 4 is 5.97 Å². The SMILES string of the molecule is CC(=O)Oc1ccc(CCc2cc(O)cc(O)c2)cc1. The van der Waals surface area contributed by atoms with Gasteiger partial charge < -0.3 is 14.9 Å². The Kier molecular flexibility index (Phi) is 4.25. The Labute approximate surface area is 117 Å². The van der Waals surface area contributed by atoms with E-state index in [1.165, 1.54) is 13.0 Å². The topological polar surface area (TPSA) is 66.8 Å². The van der Waals surface area contributed by atoms with Crippen LogP contribution in [-0.4, -0.2) is 16.2 Å². The van der Waals surface area contributed by atoms with Crippen molar-refractivity contribution in [2.75, 3.05) is 0 Å². The van der Waals surface area contributed by atoms with Crippen LogP contribution in [0.15, 0.2) is 42.5 Å². The van der Waals surface area contributed by atoms with Crippen LogP contribution < -0.4 is 4.74 Å². The first kappa shape index (κ1) is 13.9. The lowest BCUT2D eigenvalue weighted by Crippen LogP contribution is -2.01. The highest BCUT2D eigenvalue weighted by molar-refractivity contribution is 5.69. The number of aromatic hydroxyl groups is 2. The fourth-order valence-corrected chi connectivity index (χ4v) is 1.98. The van der Waals surface area contributed by atoms with Crippen LogP contribution in [0.5, 0.6) is 17.2 Å². The van der Waals surface area contributed by atoms with Crippen molar-refractivity contribution in [1.29, 1.82) is 0 Å². The van der Waals surface area contributed by atoms with Crippen molar-refractivity contribution < 1.29 is 19.7 Å². The Morgan fingerprint density at radius 3 is 2.05 bits per heavy atom. The van der Waals surface area contributed by atoms with E-state index in [9.17, 15) is 15.0 Å². The van der Waals surface area contributed by atoms with Gasteiger partial charge in [0.15, 0.2) is 0 Å². The largest absolute Gasteiger partial charge is 0.508 e. The zero-order chi connectivity index (χ0) is 14.5. The van der Waals surface area contributed by atoms with E-state index >= 15 is 0 Å². The summed E-state index contributed by atoms with van der Waals surface area (Å²) in [5.74, 6) is 0.305. The molecule has 0 spiro atoms. The molecule has 0 saturated carbocycles. The molecule has 2 rings (SSSR count). The first-order chi connectivity index (χ1) is 9.52. The lowest BCUT2D eigenvalue weighted by Gasteiger charge is -2.05. The van der Waals surface area contributed by atoms with Crippen molar-refractivity contribution in [3.63, 3.8) is 0 Å². The summed E-state index contributed by atoms with van der Waals surface area (Å²) < 4.78 is 4.96. The molecule has 2 N–H and O–H groups in total. The quantitative estimate of drug-likeness (QED) is 0.663. The molecule has 0 heterocycles. The Hall–Kier alpha value is -2.49. The summed E-state index contributed by atoms with van der Waals surface area (Å²) >= 11 is 0. The third kappa shape index (κ3) is 4.02. The molecular formula is C16H16O4. The van der Waals surface area contributed by atoms with Crippen LogP contribution in [0.1, 0.15) is 18.1 Å². The maximum Gasteiger partial charge on any atom is 0.308 e. The first-order valence-corrected chi connectivity index (χ1v) is 6.32. The number of ether oxygens (including phenoxy) is 1. The van der Waals surface area contributed by atoms with Crippen molar-refractivity contribution in [3.8, 4) is 17.2 Å². The van der Waals surface area contributed by atoms with Crippen LogP contribution >= 0.6 is 0 Å². The average molecular weight is 272 g/mol. The molecule has 4 nitrogen and oxygen atoms in total. The molecule has 0 aliphatic heterocycles. The number of benzene rings is 2. The van der Waals surface area contributed by atoms with Crippen LogP contribution in [0.3, 0.4) is 0 Å². The number of phenolic OH excluding ortho intramolecular Hbond substituents is 2. The van der Waals surface area contributed by atoms with Gasteiger partial charge in [0.25, 0.3) is 0 Å². The van der Waals surface area contributed by atoms with E-state index in [-0.39, 0.29) is 17.5 Å². The Bertz CT molecular complexity index is 582. The van der Waals surface area contributed by atoms with Crippen LogP contribution in [0.25, 0.3) is 0 Å². The monoisotopic (exact) mass is 272 g/mol. The van der Waals surface area contributed by atoms with Gasteiger partial charge in [0.1, 0.15) is 17.2 Å². The van der Waals surface area contributed by atoms with Gasteiger partial charge in [0.2, 0.25) is 0 Å². The van der Waals surface area contributed by atoms with E-state index in [0.29, 0.717) is 12.2 Å². The second-order valence-electron chi connectivity index (χ2n) is 4.60. The van der Waals surface area contributed by atoms with Crippen LogP contribution in [0.2, 0.25) is 0 Å². The smallest absolute Gasteiger partial charge is 0.308 e. The predicted octanol–water partition coefficient (Wildman–Crippen LogP) is 2.81. The highest BCUT2D eigenvalue weighted by atomic mass is 16.5. The predicted molar refractivity (Wildman–Crippen MR) is 74.9 cm³/mol. The molecule has 0 radical (unpaired) electrons. The minimum absolute atomic E-state index is 0.0604. The highest BCUT2D eigenvalue weighted by Crippen LogP contribution is 2.22. The van der Waals surface area contributed by atoms with Gasteiger partial charge in [-0.2, -0.15) is 0 Å². The second-order valence-corrected chi connectivity index (χ2v) is 4.60. The molecule has 0 saturated heterocycles. The van der Waals surface area contributed by atoms with Gasteiger partial charge in [-0.3, -0.25) is 4.79 Å². The van der Waals surface area contributed by atoms with Crippen molar-refractivity contribution in [2.24, 2.45) is 0 Å². The molecule has 2 aromatic carbocycles. The fourth-order valence-electron chi connectivity index (χ4n) is 1.98. The standard InChI is InChI=1S/C16H16O4/c1-11(17)20-16-6-4-12(5-7-16)2-3-13-8-14(18)10-15(19)9-13/h4-10,18-19H,2-3H2,1H3. The van der Waals surface area contributed by atoms with Gasteiger partial charge >= 0.3 is 5.97 Å². The molecule has 0 amide bonds. The van der Waals surface area contributed by atoms with Gasteiger partial charge in [0, 0.05) is 13.0 Å². The average Bonchev–Trinajstić information content (AvgIpc) is 2.36. The number of carbonyl (C=O) groups is 1. The number of hydrogen-bond acceptors (Lipinski definition) is 4. The Balaban J connectivity index is 1.98. The molecule has 0 aliphatic rings. The van der Waals surface area contributed by atoms with Crippen molar-refractivity contribution in [1.82, 2.24) is 0 Å². The van der Waals surface area contributed by atoms with Crippen LogP contribution in [0.4, 0.5) is 0 Å². The Morgan fingerprint density at radius 1 is 0.950 bits per heavy atom. The van der Waals surface area contributed by atoms with Crippen molar-refractivity contribution in [2.45, 2.75) is 19.8 Å². The molecule has 20 heavy (non-hydrogen) atoms. The zero-order valence-corrected chi connectivity index (χ0v) is 11.2.